The number of rotatable bonds is 2. The minimum atomic E-state index is 0.424. The quantitative estimate of drug-likeness (QED) is 0.769. The van der Waals surface area contributed by atoms with E-state index in [4.69, 9.17) is 10.5 Å². The molecule has 2 aliphatic rings. The molecule has 0 aromatic heterocycles. The van der Waals surface area contributed by atoms with Crippen LogP contribution in [-0.2, 0) is 11.2 Å². The van der Waals surface area contributed by atoms with Gasteiger partial charge in [-0.15, -0.1) is 0 Å². The average Bonchev–Trinajstić information content (AvgIpc) is 2.90. The van der Waals surface area contributed by atoms with Crippen molar-refractivity contribution in [3.8, 4) is 0 Å². The molecule has 2 N–H and O–H groups in total. The number of nitrogens with two attached hydrogens (primary N) is 1. The molecule has 0 aliphatic carbocycles. The Morgan fingerprint density at radius 3 is 3.19 bits per heavy atom. The Morgan fingerprint density at radius 1 is 1.44 bits per heavy atom. The van der Waals surface area contributed by atoms with E-state index in [0.29, 0.717) is 6.10 Å². The molecular formula is C13H18N2O. The van der Waals surface area contributed by atoms with Crippen LogP contribution in [0.25, 0.3) is 0 Å². The largest absolute Gasteiger partial charge is 0.398 e. The Bertz CT molecular complexity index is 386. The minimum Gasteiger partial charge on any atom is -0.398 e. The summed E-state index contributed by atoms with van der Waals surface area (Å²) in [6.45, 7) is 3.04. The molecule has 3 nitrogen and oxygen atoms in total. The highest BCUT2D eigenvalue weighted by atomic mass is 16.5. The topological polar surface area (TPSA) is 38.5 Å². The van der Waals surface area contributed by atoms with Crippen LogP contribution >= 0.6 is 0 Å². The van der Waals surface area contributed by atoms with Gasteiger partial charge in [-0.05, 0) is 31.4 Å². The SMILES string of the molecule is Nc1cccc2c1CCN2CC1CCCO1. The van der Waals surface area contributed by atoms with Gasteiger partial charge in [0.2, 0.25) is 0 Å². The van der Waals surface area contributed by atoms with E-state index in [2.05, 4.69) is 11.0 Å². The van der Waals surface area contributed by atoms with Crippen LogP contribution in [-0.4, -0.2) is 25.8 Å². The summed E-state index contributed by atoms with van der Waals surface area (Å²) in [6.07, 6.45) is 3.91. The predicted octanol–water partition coefficient (Wildman–Crippen LogP) is 1.81. The van der Waals surface area contributed by atoms with E-state index >= 15 is 0 Å². The number of anilines is 2. The summed E-state index contributed by atoms with van der Waals surface area (Å²) >= 11 is 0. The highest BCUT2D eigenvalue weighted by Crippen LogP contribution is 2.32. The fraction of sp³-hybridized carbons (Fsp3) is 0.538. The van der Waals surface area contributed by atoms with E-state index in [9.17, 15) is 0 Å². The summed E-state index contributed by atoms with van der Waals surface area (Å²) in [5.74, 6) is 0. The second-order valence-corrected chi connectivity index (χ2v) is 4.68. The van der Waals surface area contributed by atoms with Crippen molar-refractivity contribution in [3.05, 3.63) is 23.8 Å². The molecule has 0 radical (unpaired) electrons. The third-order valence-electron chi connectivity index (χ3n) is 3.61. The van der Waals surface area contributed by atoms with Crippen molar-refractivity contribution in [1.29, 1.82) is 0 Å². The smallest absolute Gasteiger partial charge is 0.0750 e. The van der Waals surface area contributed by atoms with Crippen LogP contribution in [0.15, 0.2) is 18.2 Å². The lowest BCUT2D eigenvalue weighted by Gasteiger charge is -2.22. The van der Waals surface area contributed by atoms with Gasteiger partial charge >= 0.3 is 0 Å². The first-order valence-corrected chi connectivity index (χ1v) is 6.08. The van der Waals surface area contributed by atoms with E-state index in [-0.39, 0.29) is 0 Å². The zero-order valence-corrected chi connectivity index (χ0v) is 9.48. The fourth-order valence-electron chi connectivity index (χ4n) is 2.75. The number of hydrogen-bond donors (Lipinski definition) is 1. The lowest BCUT2D eigenvalue weighted by atomic mass is 10.1. The van der Waals surface area contributed by atoms with Crippen molar-refractivity contribution in [2.45, 2.75) is 25.4 Å². The Labute approximate surface area is 96.2 Å². The van der Waals surface area contributed by atoms with Crippen molar-refractivity contribution in [2.75, 3.05) is 30.3 Å². The summed E-state index contributed by atoms with van der Waals surface area (Å²) in [5, 5.41) is 0. The van der Waals surface area contributed by atoms with Crippen LogP contribution < -0.4 is 10.6 Å². The highest BCUT2D eigenvalue weighted by molar-refractivity contribution is 5.68. The van der Waals surface area contributed by atoms with Gasteiger partial charge in [0, 0.05) is 36.6 Å². The molecule has 16 heavy (non-hydrogen) atoms. The Morgan fingerprint density at radius 2 is 2.38 bits per heavy atom. The number of ether oxygens (including phenoxy) is 1. The van der Waals surface area contributed by atoms with Crippen molar-refractivity contribution < 1.29 is 4.74 Å². The van der Waals surface area contributed by atoms with Crippen LogP contribution in [0.1, 0.15) is 18.4 Å². The number of fused-ring (bicyclic) bond motifs is 1. The maximum Gasteiger partial charge on any atom is 0.0750 e. The Balaban J connectivity index is 1.78. The van der Waals surface area contributed by atoms with Crippen LogP contribution in [0.5, 0.6) is 0 Å². The highest BCUT2D eigenvalue weighted by Gasteiger charge is 2.25. The lowest BCUT2D eigenvalue weighted by molar-refractivity contribution is 0.116. The van der Waals surface area contributed by atoms with Gasteiger partial charge in [0.05, 0.1) is 6.10 Å². The van der Waals surface area contributed by atoms with Gasteiger partial charge in [0.25, 0.3) is 0 Å². The van der Waals surface area contributed by atoms with Crippen molar-refractivity contribution in [3.63, 3.8) is 0 Å². The average molecular weight is 218 g/mol. The molecule has 1 saturated heterocycles. The summed E-state index contributed by atoms with van der Waals surface area (Å²) in [4.78, 5) is 2.42. The minimum absolute atomic E-state index is 0.424. The summed E-state index contributed by atoms with van der Waals surface area (Å²) in [5.41, 5.74) is 9.56. The molecule has 1 aromatic rings. The van der Waals surface area contributed by atoms with Crippen LogP contribution in [0.2, 0.25) is 0 Å². The molecule has 3 heteroatoms. The maximum atomic E-state index is 5.98. The summed E-state index contributed by atoms with van der Waals surface area (Å²) in [7, 11) is 0. The summed E-state index contributed by atoms with van der Waals surface area (Å²) < 4.78 is 5.69. The number of nitrogens with zero attached hydrogens (tertiary/aromatic N) is 1. The molecule has 0 bridgehead atoms. The van der Waals surface area contributed by atoms with Gasteiger partial charge < -0.3 is 15.4 Å². The van der Waals surface area contributed by atoms with E-state index < -0.39 is 0 Å². The fourth-order valence-corrected chi connectivity index (χ4v) is 2.75. The first-order valence-electron chi connectivity index (χ1n) is 6.08. The number of benzene rings is 1. The van der Waals surface area contributed by atoms with Crippen molar-refractivity contribution in [1.82, 2.24) is 0 Å². The van der Waals surface area contributed by atoms with E-state index in [1.165, 1.54) is 24.1 Å². The normalized spacial score (nSPS) is 23.8. The second-order valence-electron chi connectivity index (χ2n) is 4.68. The Kier molecular flexibility index (Phi) is 2.48. The van der Waals surface area contributed by atoms with E-state index in [1.54, 1.807) is 0 Å². The monoisotopic (exact) mass is 218 g/mol. The molecule has 2 aliphatic heterocycles. The standard InChI is InChI=1S/C13H18N2O/c14-12-4-1-5-13-11(12)6-7-15(13)9-10-3-2-8-16-10/h1,4-5,10H,2-3,6-9,14H2. The van der Waals surface area contributed by atoms with Gasteiger partial charge in [-0.2, -0.15) is 0 Å². The Hall–Kier alpha value is -1.22. The molecule has 0 amide bonds. The zero-order valence-electron chi connectivity index (χ0n) is 9.48. The molecular weight excluding hydrogens is 200 g/mol. The first-order chi connectivity index (χ1) is 7.84. The van der Waals surface area contributed by atoms with E-state index in [1.807, 2.05) is 12.1 Å². The molecule has 0 saturated carbocycles. The molecule has 0 spiro atoms. The molecule has 86 valence electrons. The lowest BCUT2D eigenvalue weighted by Crippen LogP contribution is -2.30. The van der Waals surface area contributed by atoms with Crippen molar-refractivity contribution >= 4 is 11.4 Å². The first kappa shape index (κ1) is 9.97. The third-order valence-corrected chi connectivity index (χ3v) is 3.61. The van der Waals surface area contributed by atoms with Crippen LogP contribution in [0, 0.1) is 0 Å². The predicted molar refractivity (Wildman–Crippen MR) is 65.7 cm³/mol. The zero-order chi connectivity index (χ0) is 11.0. The van der Waals surface area contributed by atoms with Gasteiger partial charge in [-0.1, -0.05) is 6.07 Å². The molecule has 2 heterocycles. The molecule has 1 fully saturated rings. The second kappa shape index (κ2) is 3.98. The molecule has 3 rings (SSSR count). The summed E-state index contributed by atoms with van der Waals surface area (Å²) in [6, 6.07) is 6.21. The number of hydrogen-bond acceptors (Lipinski definition) is 3. The van der Waals surface area contributed by atoms with Crippen molar-refractivity contribution in [2.24, 2.45) is 0 Å². The van der Waals surface area contributed by atoms with E-state index in [0.717, 1.165) is 31.8 Å². The molecule has 1 unspecified atom stereocenters. The van der Waals surface area contributed by atoms with Gasteiger partial charge in [0.15, 0.2) is 0 Å². The van der Waals surface area contributed by atoms with Crippen LogP contribution in [0.3, 0.4) is 0 Å². The third kappa shape index (κ3) is 1.65. The van der Waals surface area contributed by atoms with Gasteiger partial charge in [0.1, 0.15) is 0 Å². The number of nitrogen functional groups attached to an aromatic ring is 1. The van der Waals surface area contributed by atoms with Crippen LogP contribution in [0.4, 0.5) is 11.4 Å². The van der Waals surface area contributed by atoms with Gasteiger partial charge in [-0.3, -0.25) is 0 Å². The molecule has 1 aromatic carbocycles. The molecule has 1 atom stereocenters. The van der Waals surface area contributed by atoms with Gasteiger partial charge in [-0.25, -0.2) is 0 Å². The maximum absolute atomic E-state index is 5.98.